The molecule has 0 aromatic rings. The molecule has 0 aliphatic heterocycles. The van der Waals surface area contributed by atoms with E-state index >= 15 is 0 Å². The molecule has 114 valence electrons. The summed E-state index contributed by atoms with van der Waals surface area (Å²) in [5.74, 6) is -0.245. The zero-order valence-electron chi connectivity index (χ0n) is 10.7. The second-order valence-corrected chi connectivity index (χ2v) is 7.89. The quantitative estimate of drug-likeness (QED) is 0.587. The van der Waals surface area contributed by atoms with E-state index in [0.717, 1.165) is 19.3 Å². The number of carbonyl (C=O) groups is 1. The standard InChI is InChI=1S/C12H16F2O5S/c13-12(14,20(16,17)18)19-10(15)11-4-7-1-8(5-11)3-9(2-7)6-11/h7-9H,1-6H2,(H,16,17,18)/p-1. The van der Waals surface area contributed by atoms with Crippen molar-refractivity contribution in [2.24, 2.45) is 23.2 Å². The second kappa shape index (κ2) is 4.13. The fourth-order valence-electron chi connectivity index (χ4n) is 4.63. The summed E-state index contributed by atoms with van der Waals surface area (Å²) in [5.41, 5.74) is -5.99. The van der Waals surface area contributed by atoms with E-state index in [-0.39, 0.29) is 0 Å². The van der Waals surface area contributed by atoms with Crippen LogP contribution in [0, 0.1) is 23.2 Å². The van der Waals surface area contributed by atoms with Gasteiger partial charge >= 0.3 is 11.4 Å². The second-order valence-electron chi connectivity index (χ2n) is 6.50. The minimum atomic E-state index is -6.00. The summed E-state index contributed by atoms with van der Waals surface area (Å²) in [6.45, 7) is 0. The Morgan fingerprint density at radius 2 is 1.50 bits per heavy atom. The number of carbonyl (C=O) groups excluding carboxylic acids is 1. The van der Waals surface area contributed by atoms with E-state index in [1.807, 2.05) is 0 Å². The monoisotopic (exact) mass is 309 g/mol. The molecular formula is C12H15F2O5S-. The van der Waals surface area contributed by atoms with Crippen LogP contribution >= 0.6 is 0 Å². The van der Waals surface area contributed by atoms with Gasteiger partial charge < -0.3 is 9.29 Å². The molecule has 0 spiro atoms. The summed E-state index contributed by atoms with van der Waals surface area (Å²) >= 11 is 0. The van der Waals surface area contributed by atoms with Crippen molar-refractivity contribution in [3.8, 4) is 0 Å². The van der Waals surface area contributed by atoms with Gasteiger partial charge in [0, 0.05) is 0 Å². The molecule has 0 aromatic carbocycles. The first-order chi connectivity index (χ1) is 9.11. The zero-order chi connectivity index (χ0) is 14.8. The first kappa shape index (κ1) is 14.2. The summed E-state index contributed by atoms with van der Waals surface area (Å²) in [4.78, 5) is 12.1. The lowest BCUT2D eigenvalue weighted by Gasteiger charge is -2.55. The van der Waals surface area contributed by atoms with Gasteiger partial charge in [-0.15, -0.1) is 0 Å². The Bertz CT molecular complexity index is 507. The van der Waals surface area contributed by atoms with E-state index in [1.54, 1.807) is 0 Å². The Morgan fingerprint density at radius 1 is 1.10 bits per heavy atom. The molecular weight excluding hydrogens is 294 g/mol. The predicted molar refractivity (Wildman–Crippen MR) is 61.3 cm³/mol. The van der Waals surface area contributed by atoms with Gasteiger partial charge in [0.05, 0.1) is 5.41 Å². The minimum Gasteiger partial charge on any atom is -0.740 e. The average molecular weight is 309 g/mol. The van der Waals surface area contributed by atoms with Crippen molar-refractivity contribution in [2.75, 3.05) is 0 Å². The maximum atomic E-state index is 13.1. The molecule has 4 aliphatic carbocycles. The van der Waals surface area contributed by atoms with Crippen LogP contribution in [-0.2, 0) is 19.6 Å². The van der Waals surface area contributed by atoms with Gasteiger partial charge in [0.2, 0.25) is 10.1 Å². The van der Waals surface area contributed by atoms with Crippen LogP contribution in [0.25, 0.3) is 0 Å². The molecule has 0 heterocycles. The molecule has 0 atom stereocenters. The Labute approximate surface area is 115 Å². The third-order valence-corrected chi connectivity index (χ3v) is 5.64. The summed E-state index contributed by atoms with van der Waals surface area (Å²) in [6.07, 6.45) is 4.40. The normalized spacial score (nSPS) is 39.9. The smallest absolute Gasteiger partial charge is 0.499 e. The van der Waals surface area contributed by atoms with E-state index in [4.69, 9.17) is 0 Å². The predicted octanol–water partition coefficient (Wildman–Crippen LogP) is 1.84. The highest BCUT2D eigenvalue weighted by Crippen LogP contribution is 2.60. The fraction of sp³-hybridized carbons (Fsp3) is 0.917. The third-order valence-electron chi connectivity index (χ3n) is 4.97. The molecule has 4 saturated carbocycles. The van der Waals surface area contributed by atoms with Gasteiger partial charge in [-0.25, -0.2) is 8.42 Å². The van der Waals surface area contributed by atoms with Gasteiger partial charge in [-0.2, -0.15) is 8.78 Å². The Kier molecular flexibility index (Phi) is 2.93. The van der Waals surface area contributed by atoms with Crippen LogP contribution in [0.15, 0.2) is 0 Å². The topological polar surface area (TPSA) is 83.5 Å². The van der Waals surface area contributed by atoms with Crippen LogP contribution < -0.4 is 0 Å². The van der Waals surface area contributed by atoms with Crippen LogP contribution in [0.3, 0.4) is 0 Å². The molecule has 4 aliphatic rings. The Morgan fingerprint density at radius 3 is 1.85 bits per heavy atom. The van der Waals surface area contributed by atoms with Crippen LogP contribution in [0.2, 0.25) is 0 Å². The first-order valence-corrected chi connectivity index (χ1v) is 8.09. The Hall–Kier alpha value is -0.760. The average Bonchev–Trinajstić information content (AvgIpc) is 2.24. The molecule has 4 fully saturated rings. The van der Waals surface area contributed by atoms with Crippen LogP contribution in [0.5, 0.6) is 0 Å². The number of rotatable bonds is 3. The third kappa shape index (κ3) is 2.13. The van der Waals surface area contributed by atoms with Gasteiger partial charge in [-0.3, -0.25) is 4.79 Å². The van der Waals surface area contributed by atoms with Crippen molar-refractivity contribution in [3.05, 3.63) is 0 Å². The molecule has 0 saturated heterocycles. The van der Waals surface area contributed by atoms with E-state index in [9.17, 15) is 26.5 Å². The summed E-state index contributed by atoms with van der Waals surface area (Å²) < 4.78 is 61.4. The van der Waals surface area contributed by atoms with E-state index < -0.39 is 26.9 Å². The molecule has 0 N–H and O–H groups in total. The summed E-state index contributed by atoms with van der Waals surface area (Å²) in [6, 6.07) is 0. The van der Waals surface area contributed by atoms with E-state index in [0.29, 0.717) is 37.0 Å². The van der Waals surface area contributed by atoms with Crippen molar-refractivity contribution >= 4 is 16.1 Å². The summed E-state index contributed by atoms with van der Waals surface area (Å²) in [5, 5.41) is 0. The highest BCUT2D eigenvalue weighted by atomic mass is 32.2. The molecule has 0 unspecified atom stereocenters. The first-order valence-electron chi connectivity index (χ1n) is 6.68. The highest BCUT2D eigenvalue weighted by Gasteiger charge is 2.58. The van der Waals surface area contributed by atoms with Crippen molar-refractivity contribution in [1.29, 1.82) is 0 Å². The number of alkyl halides is 2. The molecule has 5 nitrogen and oxygen atoms in total. The van der Waals surface area contributed by atoms with Crippen LogP contribution in [0.4, 0.5) is 8.78 Å². The fourth-order valence-corrected chi connectivity index (χ4v) is 4.81. The van der Waals surface area contributed by atoms with Gasteiger partial charge in [0.1, 0.15) is 0 Å². The maximum absolute atomic E-state index is 13.1. The maximum Gasteiger partial charge on any atom is 0.499 e. The minimum absolute atomic E-state index is 0.325. The molecule has 8 heteroatoms. The zero-order valence-corrected chi connectivity index (χ0v) is 11.5. The summed E-state index contributed by atoms with van der Waals surface area (Å²) in [7, 11) is -6.00. The highest BCUT2D eigenvalue weighted by molar-refractivity contribution is 7.86. The molecule has 4 rings (SSSR count). The van der Waals surface area contributed by atoms with Gasteiger partial charge in [-0.05, 0) is 56.3 Å². The lowest BCUT2D eigenvalue weighted by molar-refractivity contribution is -0.216. The molecule has 4 bridgehead atoms. The molecule has 20 heavy (non-hydrogen) atoms. The number of ether oxygens (including phenoxy) is 1. The molecule has 0 aromatic heterocycles. The van der Waals surface area contributed by atoms with Crippen molar-refractivity contribution in [1.82, 2.24) is 0 Å². The van der Waals surface area contributed by atoms with Crippen molar-refractivity contribution in [2.45, 2.75) is 44.0 Å². The SMILES string of the molecule is O=C(OC(F)(F)S(=O)(=O)[O-])C12CC3CC(CC(C3)C1)C2. The van der Waals surface area contributed by atoms with Crippen LogP contribution in [0.1, 0.15) is 38.5 Å². The van der Waals surface area contributed by atoms with Crippen LogP contribution in [-0.4, -0.2) is 24.4 Å². The Balaban J connectivity index is 1.81. The number of hydrogen-bond donors (Lipinski definition) is 0. The van der Waals surface area contributed by atoms with Gasteiger partial charge in [0.15, 0.2) is 0 Å². The lowest BCUT2D eigenvalue weighted by Crippen LogP contribution is -2.52. The molecule has 0 radical (unpaired) electrons. The van der Waals surface area contributed by atoms with Crippen molar-refractivity contribution < 1.29 is 31.3 Å². The largest absolute Gasteiger partial charge is 0.740 e. The van der Waals surface area contributed by atoms with Gasteiger partial charge in [0.25, 0.3) is 0 Å². The number of esters is 1. The molecule has 0 amide bonds. The van der Waals surface area contributed by atoms with E-state index in [2.05, 4.69) is 4.74 Å². The lowest BCUT2D eigenvalue weighted by atomic mass is 9.49. The number of halogens is 2. The van der Waals surface area contributed by atoms with Gasteiger partial charge in [-0.1, -0.05) is 0 Å². The number of hydrogen-bond acceptors (Lipinski definition) is 5. The van der Waals surface area contributed by atoms with Crippen molar-refractivity contribution in [3.63, 3.8) is 0 Å². The van der Waals surface area contributed by atoms with E-state index in [1.165, 1.54) is 0 Å².